The van der Waals surface area contributed by atoms with E-state index in [2.05, 4.69) is 40.1 Å². The number of halogens is 2. The molecule has 4 N–H and O–H groups in total. The molecular formula is C32H30Cl2N10O3. The lowest BCUT2D eigenvalue weighted by atomic mass is 10.2. The van der Waals surface area contributed by atoms with E-state index in [1.165, 1.54) is 0 Å². The van der Waals surface area contributed by atoms with Crippen molar-refractivity contribution in [2.75, 3.05) is 41.3 Å². The molecule has 2 saturated heterocycles. The normalized spacial score (nSPS) is 14.2. The number of benzene rings is 2. The molecule has 0 unspecified atom stereocenters. The minimum atomic E-state index is -0.805. The van der Waals surface area contributed by atoms with E-state index < -0.39 is 11.8 Å². The third-order valence-corrected chi connectivity index (χ3v) is 8.19. The SMILES string of the molecule is NC(=O)c1nc(Cl)c(N2CCCC2)nc1NC(=O)c1ccccc1.O=c1[nH]c(-c2ccccc2)nc2nc(N3CCCC3)c(Cl)nc12. The van der Waals surface area contributed by atoms with Gasteiger partial charge in [0.05, 0.1) is 0 Å². The quantitative estimate of drug-likeness (QED) is 0.229. The number of carbonyl (C=O) groups is 2. The zero-order chi connectivity index (χ0) is 32.9. The molecule has 0 saturated carbocycles. The summed E-state index contributed by atoms with van der Waals surface area (Å²) in [5, 5.41) is 2.95. The number of rotatable bonds is 6. The highest BCUT2D eigenvalue weighted by Gasteiger charge is 2.24. The van der Waals surface area contributed by atoms with E-state index in [1.807, 2.05) is 35.2 Å². The third-order valence-electron chi connectivity index (χ3n) is 7.68. The molecule has 13 nitrogen and oxygen atoms in total. The summed E-state index contributed by atoms with van der Waals surface area (Å²) >= 11 is 12.4. The Morgan fingerprint density at radius 3 is 1.89 bits per heavy atom. The number of aromatic nitrogens is 6. The van der Waals surface area contributed by atoms with Crippen molar-refractivity contribution in [3.63, 3.8) is 0 Å². The molecule has 2 aromatic carbocycles. The number of fused-ring (bicyclic) bond motifs is 1. The zero-order valence-corrected chi connectivity index (χ0v) is 26.6. The Kier molecular flexibility index (Phi) is 9.55. The number of H-pyrrole nitrogens is 1. The summed E-state index contributed by atoms with van der Waals surface area (Å²) in [6.45, 7) is 3.40. The Labute approximate surface area is 279 Å². The fourth-order valence-corrected chi connectivity index (χ4v) is 5.85. The van der Waals surface area contributed by atoms with Crippen LogP contribution in [0, 0.1) is 0 Å². The van der Waals surface area contributed by atoms with Gasteiger partial charge in [0.15, 0.2) is 44.6 Å². The van der Waals surface area contributed by atoms with Crippen LogP contribution in [-0.2, 0) is 0 Å². The van der Waals surface area contributed by atoms with Gasteiger partial charge in [-0.25, -0.2) is 24.9 Å². The predicted molar refractivity (Wildman–Crippen MR) is 181 cm³/mol. The number of amides is 2. The van der Waals surface area contributed by atoms with E-state index in [0.717, 1.165) is 57.4 Å². The second-order valence-electron chi connectivity index (χ2n) is 10.9. The average Bonchev–Trinajstić information content (AvgIpc) is 3.82. The minimum absolute atomic E-state index is 0.0163. The molecule has 3 aromatic heterocycles. The number of aromatic amines is 1. The number of anilines is 3. The maximum atomic E-state index is 12.3. The van der Waals surface area contributed by atoms with Crippen LogP contribution in [0.25, 0.3) is 22.6 Å². The van der Waals surface area contributed by atoms with Gasteiger partial charge >= 0.3 is 0 Å². The highest BCUT2D eigenvalue weighted by molar-refractivity contribution is 6.32. The van der Waals surface area contributed by atoms with Crippen molar-refractivity contribution < 1.29 is 9.59 Å². The topological polar surface area (TPSA) is 176 Å². The molecule has 2 amide bonds. The maximum Gasteiger partial charge on any atom is 0.279 e. The van der Waals surface area contributed by atoms with Gasteiger partial charge in [-0.05, 0) is 37.8 Å². The van der Waals surface area contributed by atoms with Crippen LogP contribution in [0.2, 0.25) is 10.3 Å². The van der Waals surface area contributed by atoms with Crippen molar-refractivity contribution in [3.8, 4) is 11.4 Å². The maximum absolute atomic E-state index is 12.3. The smallest absolute Gasteiger partial charge is 0.279 e. The van der Waals surface area contributed by atoms with E-state index in [9.17, 15) is 14.4 Å². The monoisotopic (exact) mass is 672 g/mol. The summed E-state index contributed by atoms with van der Waals surface area (Å²) in [5.41, 5.74) is 6.58. The molecule has 2 aliphatic heterocycles. The van der Waals surface area contributed by atoms with Crippen molar-refractivity contribution >= 4 is 63.6 Å². The molecule has 15 heteroatoms. The highest BCUT2D eigenvalue weighted by atomic mass is 35.5. The minimum Gasteiger partial charge on any atom is -0.364 e. The van der Waals surface area contributed by atoms with Crippen molar-refractivity contribution in [1.82, 2.24) is 29.9 Å². The fourth-order valence-electron chi connectivity index (χ4n) is 5.36. The third kappa shape index (κ3) is 7.16. The Hall–Kier alpha value is -5.14. The van der Waals surface area contributed by atoms with E-state index in [0.29, 0.717) is 28.7 Å². The number of nitrogens with zero attached hydrogens (tertiary/aromatic N) is 7. The predicted octanol–water partition coefficient (Wildman–Crippen LogP) is 4.72. The van der Waals surface area contributed by atoms with E-state index in [4.69, 9.17) is 28.9 Å². The number of nitrogens with one attached hydrogen (secondary N) is 2. The molecule has 5 aromatic rings. The second kappa shape index (κ2) is 14.1. The molecule has 0 aliphatic carbocycles. The summed E-state index contributed by atoms with van der Waals surface area (Å²) in [5.74, 6) is 0.342. The lowest BCUT2D eigenvalue weighted by Gasteiger charge is -2.19. The van der Waals surface area contributed by atoms with Crippen LogP contribution in [0.1, 0.15) is 46.5 Å². The Balaban J connectivity index is 0.000000164. The van der Waals surface area contributed by atoms with E-state index in [-0.39, 0.29) is 32.9 Å². The zero-order valence-electron chi connectivity index (χ0n) is 25.1. The van der Waals surface area contributed by atoms with Gasteiger partial charge in [0, 0.05) is 37.3 Å². The number of hydrogen-bond acceptors (Lipinski definition) is 10. The molecule has 2 aliphatic rings. The molecule has 5 heterocycles. The summed E-state index contributed by atoms with van der Waals surface area (Å²) in [6, 6.07) is 18.1. The van der Waals surface area contributed by atoms with Crippen LogP contribution in [0.3, 0.4) is 0 Å². The average molecular weight is 674 g/mol. The summed E-state index contributed by atoms with van der Waals surface area (Å²) < 4.78 is 0. The van der Waals surface area contributed by atoms with Crippen molar-refractivity contribution in [1.29, 1.82) is 0 Å². The molecule has 0 bridgehead atoms. The highest BCUT2D eigenvalue weighted by Crippen LogP contribution is 2.29. The van der Waals surface area contributed by atoms with Crippen LogP contribution < -0.4 is 26.4 Å². The molecule has 0 radical (unpaired) electrons. The number of hydrogen-bond donors (Lipinski definition) is 3. The lowest BCUT2D eigenvalue weighted by Crippen LogP contribution is -2.25. The van der Waals surface area contributed by atoms with Crippen LogP contribution in [0.5, 0.6) is 0 Å². The van der Waals surface area contributed by atoms with Crippen molar-refractivity contribution in [2.24, 2.45) is 5.73 Å². The summed E-state index contributed by atoms with van der Waals surface area (Å²) in [4.78, 5) is 64.6. The van der Waals surface area contributed by atoms with Gasteiger partial charge in [0.25, 0.3) is 17.4 Å². The van der Waals surface area contributed by atoms with Gasteiger partial charge in [-0.2, -0.15) is 0 Å². The molecule has 2 fully saturated rings. The molecule has 0 spiro atoms. The standard InChI is InChI=1S/C16H16ClN5O2.C16H14ClN5O/c17-12-15(22-8-4-5-9-22)20-14(11(19-12)13(18)23)21-16(24)10-6-2-1-3-7-10;17-12-15(22-8-4-5-9-22)20-14-11(18-12)16(23)21-13(19-14)10-6-2-1-3-7-10/h1-3,6-7H,4-5,8-9H2,(H2,18,23)(H,20,21,24);1-3,6-7H,4-5,8-9H2,(H,19,20,21,23). The first-order chi connectivity index (χ1) is 22.8. The van der Waals surface area contributed by atoms with Crippen LogP contribution in [0.4, 0.5) is 17.5 Å². The second-order valence-corrected chi connectivity index (χ2v) is 11.6. The van der Waals surface area contributed by atoms with Gasteiger partial charge in [-0.15, -0.1) is 0 Å². The van der Waals surface area contributed by atoms with E-state index in [1.54, 1.807) is 30.3 Å². The van der Waals surface area contributed by atoms with E-state index >= 15 is 0 Å². The van der Waals surface area contributed by atoms with Gasteiger partial charge < -0.3 is 25.8 Å². The summed E-state index contributed by atoms with van der Waals surface area (Å²) in [7, 11) is 0. The molecule has 240 valence electrons. The van der Waals surface area contributed by atoms with Crippen molar-refractivity contribution in [3.05, 3.63) is 92.6 Å². The van der Waals surface area contributed by atoms with Crippen molar-refractivity contribution in [2.45, 2.75) is 25.7 Å². The Bertz CT molecular complexity index is 1980. The molecular weight excluding hydrogens is 643 g/mol. The van der Waals surface area contributed by atoms with Crippen LogP contribution >= 0.6 is 23.2 Å². The van der Waals surface area contributed by atoms with Gasteiger partial charge in [-0.3, -0.25) is 14.4 Å². The largest absolute Gasteiger partial charge is 0.364 e. The first-order valence-corrected chi connectivity index (χ1v) is 15.8. The number of carbonyl (C=O) groups excluding carboxylic acids is 2. The molecule has 47 heavy (non-hydrogen) atoms. The first kappa shape index (κ1) is 31.8. The van der Waals surface area contributed by atoms with Gasteiger partial charge in [-0.1, -0.05) is 71.7 Å². The molecule has 0 atom stereocenters. The molecule has 7 rings (SSSR count). The fraction of sp³-hybridized carbons (Fsp3) is 0.250. The number of primary amides is 1. The Morgan fingerprint density at radius 1 is 0.745 bits per heavy atom. The lowest BCUT2D eigenvalue weighted by molar-refractivity contribution is 0.0996. The van der Waals surface area contributed by atoms with Gasteiger partial charge in [0.2, 0.25) is 0 Å². The Morgan fingerprint density at radius 2 is 1.30 bits per heavy atom. The number of nitrogens with two attached hydrogens (primary N) is 1. The van der Waals surface area contributed by atoms with Gasteiger partial charge in [0.1, 0.15) is 5.82 Å². The van der Waals surface area contributed by atoms with Crippen LogP contribution in [-0.4, -0.2) is 67.9 Å². The van der Waals surface area contributed by atoms with Crippen LogP contribution in [0.15, 0.2) is 65.5 Å². The first-order valence-electron chi connectivity index (χ1n) is 15.0. The summed E-state index contributed by atoms with van der Waals surface area (Å²) in [6.07, 6.45) is 4.27.